The van der Waals surface area contributed by atoms with Gasteiger partial charge in [-0.3, -0.25) is 9.58 Å². The maximum absolute atomic E-state index is 13.3. The van der Waals surface area contributed by atoms with Gasteiger partial charge in [0.25, 0.3) is 0 Å². The van der Waals surface area contributed by atoms with Gasteiger partial charge in [-0.2, -0.15) is 5.10 Å². The summed E-state index contributed by atoms with van der Waals surface area (Å²) in [7, 11) is 1.92. The molecule has 1 atom stereocenters. The minimum Gasteiger partial charge on any atom is -0.377 e. The van der Waals surface area contributed by atoms with Gasteiger partial charge in [0.15, 0.2) is 0 Å². The van der Waals surface area contributed by atoms with Gasteiger partial charge >= 0.3 is 0 Å². The molecule has 2 aliphatic rings. The monoisotopic (exact) mass is 344 g/mol. The average molecular weight is 344 g/mol. The smallest absolute Gasteiger partial charge is 0.123 e. The van der Waals surface area contributed by atoms with Crippen LogP contribution in [0, 0.1) is 5.82 Å². The molecule has 6 heteroatoms. The van der Waals surface area contributed by atoms with Crippen LogP contribution in [0.4, 0.5) is 10.1 Å². The van der Waals surface area contributed by atoms with Gasteiger partial charge in [0.2, 0.25) is 0 Å². The summed E-state index contributed by atoms with van der Waals surface area (Å²) in [4.78, 5) is 2.39. The molecule has 25 heavy (non-hydrogen) atoms. The molecule has 2 saturated heterocycles. The highest BCUT2D eigenvalue weighted by Crippen LogP contribution is 2.37. The lowest BCUT2D eigenvalue weighted by molar-refractivity contribution is -0.0448. The van der Waals surface area contributed by atoms with Crippen LogP contribution < -0.4 is 5.32 Å². The van der Waals surface area contributed by atoms with E-state index in [1.807, 2.05) is 25.5 Å². The SMILES string of the molecule is Cn1cc(NC2COC3(CCN(Cc4cccc(F)c4)CC3)C2)cn1. The third-order valence-corrected chi connectivity index (χ3v) is 5.35. The number of nitrogens with zero attached hydrogens (tertiary/aromatic N) is 3. The van der Waals surface area contributed by atoms with E-state index in [2.05, 4.69) is 15.3 Å². The molecular formula is C19H25FN4O. The van der Waals surface area contributed by atoms with Crippen LogP contribution in [0.25, 0.3) is 0 Å². The average Bonchev–Trinajstić information content (AvgIpc) is 3.17. The fourth-order valence-corrected chi connectivity index (χ4v) is 4.03. The molecule has 0 bridgehead atoms. The Labute approximate surface area is 147 Å². The van der Waals surface area contributed by atoms with Crippen LogP contribution in [0.2, 0.25) is 0 Å². The quantitative estimate of drug-likeness (QED) is 0.926. The van der Waals surface area contributed by atoms with Crippen molar-refractivity contribution in [3.63, 3.8) is 0 Å². The summed E-state index contributed by atoms with van der Waals surface area (Å²) in [6.07, 6.45) is 6.95. The molecular weight excluding hydrogens is 319 g/mol. The van der Waals surface area contributed by atoms with Gasteiger partial charge in [-0.25, -0.2) is 4.39 Å². The van der Waals surface area contributed by atoms with Crippen molar-refractivity contribution in [2.24, 2.45) is 7.05 Å². The topological polar surface area (TPSA) is 42.3 Å². The molecule has 0 aliphatic carbocycles. The fraction of sp³-hybridized carbons (Fsp3) is 0.526. The Morgan fingerprint density at radius 2 is 2.20 bits per heavy atom. The van der Waals surface area contributed by atoms with Crippen molar-refractivity contribution < 1.29 is 9.13 Å². The lowest BCUT2D eigenvalue weighted by Crippen LogP contribution is -2.44. The lowest BCUT2D eigenvalue weighted by atomic mass is 9.87. The second kappa shape index (κ2) is 6.77. The van der Waals surface area contributed by atoms with E-state index in [4.69, 9.17) is 4.74 Å². The van der Waals surface area contributed by atoms with Gasteiger partial charge in [-0.05, 0) is 37.0 Å². The number of likely N-dealkylation sites (tertiary alicyclic amines) is 1. The van der Waals surface area contributed by atoms with Crippen LogP contribution in [0.3, 0.4) is 0 Å². The Kier molecular flexibility index (Phi) is 4.48. The molecule has 0 amide bonds. The number of aryl methyl sites for hydroxylation is 1. The summed E-state index contributed by atoms with van der Waals surface area (Å²) in [6.45, 7) is 3.55. The van der Waals surface area contributed by atoms with E-state index in [1.54, 1.807) is 16.8 Å². The molecule has 2 fully saturated rings. The third-order valence-electron chi connectivity index (χ3n) is 5.35. The Morgan fingerprint density at radius 3 is 2.92 bits per heavy atom. The Balaban J connectivity index is 1.29. The van der Waals surface area contributed by atoms with Gasteiger partial charge in [-0.15, -0.1) is 0 Å². The van der Waals surface area contributed by atoms with Crippen molar-refractivity contribution in [2.75, 3.05) is 25.0 Å². The zero-order valence-electron chi connectivity index (χ0n) is 14.6. The third kappa shape index (κ3) is 3.85. The van der Waals surface area contributed by atoms with Crippen LogP contribution >= 0.6 is 0 Å². The highest BCUT2D eigenvalue weighted by molar-refractivity contribution is 5.39. The molecule has 1 spiro atoms. The highest BCUT2D eigenvalue weighted by Gasteiger charge is 2.42. The lowest BCUT2D eigenvalue weighted by Gasteiger charge is -2.38. The first-order valence-electron chi connectivity index (χ1n) is 8.96. The minimum atomic E-state index is -0.158. The minimum absolute atomic E-state index is 0.00167. The van der Waals surface area contributed by atoms with Crippen LogP contribution in [0.1, 0.15) is 24.8 Å². The number of anilines is 1. The molecule has 1 aromatic heterocycles. The summed E-state index contributed by atoms with van der Waals surface area (Å²) in [6, 6.07) is 7.25. The number of aromatic nitrogens is 2. The van der Waals surface area contributed by atoms with E-state index < -0.39 is 0 Å². The second-order valence-electron chi connectivity index (χ2n) is 7.35. The fourth-order valence-electron chi connectivity index (χ4n) is 4.03. The Bertz CT molecular complexity index is 724. The number of nitrogens with one attached hydrogen (secondary N) is 1. The van der Waals surface area contributed by atoms with Gasteiger partial charge < -0.3 is 10.1 Å². The molecule has 0 saturated carbocycles. The molecule has 0 radical (unpaired) electrons. The van der Waals surface area contributed by atoms with Crippen LogP contribution in [0.15, 0.2) is 36.7 Å². The van der Waals surface area contributed by atoms with Gasteiger partial charge in [0.05, 0.1) is 30.1 Å². The van der Waals surface area contributed by atoms with Gasteiger partial charge in [0, 0.05) is 32.9 Å². The molecule has 1 N–H and O–H groups in total. The molecule has 4 rings (SSSR count). The summed E-state index contributed by atoms with van der Waals surface area (Å²) >= 11 is 0. The van der Waals surface area contributed by atoms with Crippen molar-refractivity contribution in [2.45, 2.75) is 37.5 Å². The normalized spacial score (nSPS) is 23.2. The van der Waals surface area contributed by atoms with E-state index in [0.717, 1.165) is 56.8 Å². The predicted octanol–water partition coefficient (Wildman–Crippen LogP) is 2.79. The number of rotatable bonds is 4. The van der Waals surface area contributed by atoms with Gasteiger partial charge in [0.1, 0.15) is 5.82 Å². The van der Waals surface area contributed by atoms with Crippen molar-refractivity contribution in [3.8, 4) is 0 Å². The largest absolute Gasteiger partial charge is 0.377 e. The zero-order valence-corrected chi connectivity index (χ0v) is 14.6. The standard InChI is InChI=1S/C19H25FN4O/c1-23-13-18(11-21-23)22-17-10-19(25-14-17)5-7-24(8-6-19)12-15-3-2-4-16(20)9-15/h2-4,9,11,13,17,22H,5-8,10,12,14H2,1H3. The molecule has 2 aliphatic heterocycles. The first kappa shape index (κ1) is 16.5. The Hall–Kier alpha value is -1.92. The van der Waals surface area contributed by atoms with Crippen molar-refractivity contribution >= 4 is 5.69 Å². The number of hydrogen-bond donors (Lipinski definition) is 1. The summed E-state index contributed by atoms with van der Waals surface area (Å²) < 4.78 is 21.4. The first-order valence-corrected chi connectivity index (χ1v) is 8.96. The molecule has 2 aromatic rings. The van der Waals surface area contributed by atoms with Crippen LogP contribution in [-0.2, 0) is 18.3 Å². The van der Waals surface area contributed by atoms with E-state index in [9.17, 15) is 4.39 Å². The number of ether oxygens (including phenoxy) is 1. The molecule has 3 heterocycles. The van der Waals surface area contributed by atoms with Gasteiger partial charge in [-0.1, -0.05) is 12.1 Å². The van der Waals surface area contributed by atoms with E-state index >= 15 is 0 Å². The molecule has 5 nitrogen and oxygen atoms in total. The molecule has 1 unspecified atom stereocenters. The van der Waals surface area contributed by atoms with E-state index in [-0.39, 0.29) is 11.4 Å². The van der Waals surface area contributed by atoms with Crippen molar-refractivity contribution in [3.05, 3.63) is 48.0 Å². The highest BCUT2D eigenvalue weighted by atomic mass is 19.1. The number of piperidine rings is 1. The maximum atomic E-state index is 13.3. The number of halogens is 1. The Morgan fingerprint density at radius 1 is 1.36 bits per heavy atom. The van der Waals surface area contributed by atoms with Crippen LogP contribution in [0.5, 0.6) is 0 Å². The second-order valence-corrected chi connectivity index (χ2v) is 7.35. The molecule has 134 valence electrons. The summed E-state index contributed by atoms with van der Waals surface area (Å²) in [5.74, 6) is -0.158. The first-order chi connectivity index (χ1) is 12.1. The zero-order chi connectivity index (χ0) is 17.3. The van der Waals surface area contributed by atoms with Crippen molar-refractivity contribution in [1.29, 1.82) is 0 Å². The van der Waals surface area contributed by atoms with Crippen molar-refractivity contribution in [1.82, 2.24) is 14.7 Å². The number of hydrogen-bond acceptors (Lipinski definition) is 4. The van der Waals surface area contributed by atoms with E-state index in [1.165, 1.54) is 6.07 Å². The summed E-state index contributed by atoms with van der Waals surface area (Å²) in [5.41, 5.74) is 2.09. The number of benzene rings is 1. The van der Waals surface area contributed by atoms with Crippen LogP contribution in [-0.4, -0.2) is 46.0 Å². The maximum Gasteiger partial charge on any atom is 0.123 e. The van der Waals surface area contributed by atoms with E-state index in [0.29, 0.717) is 6.04 Å². The summed E-state index contributed by atoms with van der Waals surface area (Å²) in [5, 5.41) is 7.73. The predicted molar refractivity (Wildman–Crippen MR) is 94.8 cm³/mol. The molecule has 1 aromatic carbocycles.